The predicted octanol–water partition coefficient (Wildman–Crippen LogP) is 3.14. The molecule has 0 N–H and O–H groups in total. The van der Waals surface area contributed by atoms with Gasteiger partial charge in [-0.1, -0.05) is 36.4 Å². The van der Waals surface area contributed by atoms with Gasteiger partial charge in [0.15, 0.2) is 0 Å². The number of rotatable bonds is 5. The van der Waals surface area contributed by atoms with Crippen molar-refractivity contribution in [3.8, 4) is 5.75 Å². The Morgan fingerprint density at radius 1 is 1.04 bits per heavy atom. The number of esters is 1. The summed E-state index contributed by atoms with van der Waals surface area (Å²) in [6.07, 6.45) is 4.99. The Bertz CT molecular complexity index is 915. The van der Waals surface area contributed by atoms with Gasteiger partial charge < -0.3 is 4.74 Å². The zero-order valence-electron chi connectivity index (χ0n) is 14.8. The lowest BCUT2D eigenvalue weighted by Crippen LogP contribution is -2.33. The van der Waals surface area contributed by atoms with Crippen molar-refractivity contribution in [1.82, 2.24) is 4.90 Å². The van der Waals surface area contributed by atoms with Gasteiger partial charge in [-0.15, -0.1) is 0 Å². The summed E-state index contributed by atoms with van der Waals surface area (Å²) < 4.78 is 5.48. The summed E-state index contributed by atoms with van der Waals surface area (Å²) in [5.74, 6) is -0.430. The average Bonchev–Trinajstić information content (AvgIpc) is 3.23. The SMILES string of the molecule is O=C(CCc1ccccc1)Oc1ccc2c(c1)[C@@H](N1C(=O)C=CC1=O)CC2. The summed E-state index contributed by atoms with van der Waals surface area (Å²) >= 11 is 0. The van der Waals surface area contributed by atoms with E-state index in [4.69, 9.17) is 4.74 Å². The summed E-state index contributed by atoms with van der Waals surface area (Å²) in [6.45, 7) is 0. The molecule has 0 radical (unpaired) electrons. The van der Waals surface area contributed by atoms with E-state index in [1.807, 2.05) is 36.4 Å². The van der Waals surface area contributed by atoms with Crippen LogP contribution in [-0.2, 0) is 27.2 Å². The zero-order valence-corrected chi connectivity index (χ0v) is 14.8. The minimum absolute atomic E-state index is 0.289. The third-order valence-electron chi connectivity index (χ3n) is 5.01. The highest BCUT2D eigenvalue weighted by atomic mass is 16.5. The number of nitrogens with zero attached hydrogens (tertiary/aromatic N) is 1. The Morgan fingerprint density at radius 2 is 1.78 bits per heavy atom. The van der Waals surface area contributed by atoms with Crippen molar-refractivity contribution in [3.05, 3.63) is 77.4 Å². The molecule has 2 aromatic rings. The van der Waals surface area contributed by atoms with E-state index in [-0.39, 0.29) is 30.2 Å². The Kier molecular flexibility index (Phi) is 4.59. The molecule has 2 amide bonds. The van der Waals surface area contributed by atoms with Crippen LogP contribution in [0.4, 0.5) is 0 Å². The van der Waals surface area contributed by atoms with Gasteiger partial charge in [-0.3, -0.25) is 19.3 Å². The van der Waals surface area contributed by atoms with Crippen molar-refractivity contribution in [1.29, 1.82) is 0 Å². The standard InChI is InChI=1S/C22H19NO4/c24-20-11-12-21(25)23(20)19-10-8-16-7-9-17(14-18(16)19)27-22(26)13-6-15-4-2-1-3-5-15/h1-5,7,9,11-12,14,19H,6,8,10,13H2/t19-/m0/s1. The lowest BCUT2D eigenvalue weighted by Gasteiger charge is -2.23. The van der Waals surface area contributed by atoms with Crippen molar-refractivity contribution in [3.63, 3.8) is 0 Å². The first-order valence-corrected chi connectivity index (χ1v) is 9.04. The van der Waals surface area contributed by atoms with Gasteiger partial charge in [0.05, 0.1) is 6.04 Å². The molecule has 1 atom stereocenters. The molecule has 1 aliphatic heterocycles. The Balaban J connectivity index is 1.45. The molecule has 4 rings (SSSR count). The molecular weight excluding hydrogens is 342 g/mol. The molecule has 0 spiro atoms. The van der Waals surface area contributed by atoms with Gasteiger partial charge >= 0.3 is 5.97 Å². The molecule has 0 fully saturated rings. The first-order chi connectivity index (χ1) is 13.1. The molecule has 0 saturated carbocycles. The van der Waals surface area contributed by atoms with Gasteiger partial charge in [-0.05, 0) is 48.1 Å². The second-order valence-corrected chi connectivity index (χ2v) is 6.75. The van der Waals surface area contributed by atoms with Crippen LogP contribution in [-0.4, -0.2) is 22.7 Å². The van der Waals surface area contributed by atoms with Crippen LogP contribution in [0, 0.1) is 0 Å². The molecule has 136 valence electrons. The number of hydrogen-bond donors (Lipinski definition) is 0. The second kappa shape index (κ2) is 7.19. The Morgan fingerprint density at radius 3 is 2.52 bits per heavy atom. The van der Waals surface area contributed by atoms with Crippen molar-refractivity contribution >= 4 is 17.8 Å². The van der Waals surface area contributed by atoms with E-state index in [0.717, 1.165) is 23.1 Å². The van der Waals surface area contributed by atoms with Gasteiger partial charge in [0.2, 0.25) is 0 Å². The number of carbonyl (C=O) groups is 3. The van der Waals surface area contributed by atoms with E-state index in [1.54, 1.807) is 12.1 Å². The van der Waals surface area contributed by atoms with E-state index < -0.39 is 0 Å². The smallest absolute Gasteiger partial charge is 0.311 e. The Labute approximate surface area is 157 Å². The van der Waals surface area contributed by atoms with Crippen molar-refractivity contribution in [2.24, 2.45) is 0 Å². The highest BCUT2D eigenvalue weighted by Gasteiger charge is 2.36. The number of imide groups is 1. The molecule has 5 nitrogen and oxygen atoms in total. The number of amides is 2. The minimum atomic E-state index is -0.302. The van der Waals surface area contributed by atoms with Crippen LogP contribution < -0.4 is 4.74 Å². The number of aryl methyl sites for hydroxylation is 2. The fourth-order valence-corrected chi connectivity index (χ4v) is 3.68. The van der Waals surface area contributed by atoms with Crippen LogP contribution >= 0.6 is 0 Å². The fourth-order valence-electron chi connectivity index (χ4n) is 3.68. The average molecular weight is 361 g/mol. The van der Waals surface area contributed by atoms with E-state index in [2.05, 4.69) is 0 Å². The molecule has 0 bridgehead atoms. The summed E-state index contributed by atoms with van der Waals surface area (Å²) in [4.78, 5) is 37.5. The minimum Gasteiger partial charge on any atom is -0.427 e. The van der Waals surface area contributed by atoms with Crippen LogP contribution in [0.3, 0.4) is 0 Å². The van der Waals surface area contributed by atoms with Gasteiger partial charge in [0.1, 0.15) is 5.75 Å². The van der Waals surface area contributed by atoms with E-state index in [1.165, 1.54) is 17.1 Å². The van der Waals surface area contributed by atoms with Gasteiger partial charge in [-0.25, -0.2) is 0 Å². The summed E-state index contributed by atoms with van der Waals surface area (Å²) in [7, 11) is 0. The van der Waals surface area contributed by atoms with E-state index >= 15 is 0 Å². The first kappa shape index (κ1) is 17.2. The number of hydrogen-bond acceptors (Lipinski definition) is 4. The molecule has 0 aromatic heterocycles. The van der Waals surface area contributed by atoms with Gasteiger partial charge in [0, 0.05) is 18.6 Å². The van der Waals surface area contributed by atoms with Crippen molar-refractivity contribution in [2.75, 3.05) is 0 Å². The number of fused-ring (bicyclic) bond motifs is 1. The molecule has 5 heteroatoms. The number of benzene rings is 2. The molecule has 2 aromatic carbocycles. The predicted molar refractivity (Wildman–Crippen MR) is 98.9 cm³/mol. The van der Waals surface area contributed by atoms with Crippen LogP contribution in [0.5, 0.6) is 5.75 Å². The summed E-state index contributed by atoms with van der Waals surface area (Å²) in [5.41, 5.74) is 3.05. The maximum Gasteiger partial charge on any atom is 0.311 e. The summed E-state index contributed by atoms with van der Waals surface area (Å²) in [6, 6.07) is 14.9. The van der Waals surface area contributed by atoms with Gasteiger partial charge in [0.25, 0.3) is 11.8 Å². The van der Waals surface area contributed by atoms with Crippen LogP contribution in [0.15, 0.2) is 60.7 Å². The molecule has 1 aliphatic carbocycles. The fraction of sp³-hybridized carbons (Fsp3) is 0.227. The molecule has 1 heterocycles. The van der Waals surface area contributed by atoms with Crippen molar-refractivity contribution in [2.45, 2.75) is 31.7 Å². The second-order valence-electron chi connectivity index (χ2n) is 6.75. The van der Waals surface area contributed by atoms with Crippen LogP contribution in [0.1, 0.15) is 35.6 Å². The molecule has 2 aliphatic rings. The van der Waals surface area contributed by atoms with E-state index in [0.29, 0.717) is 18.6 Å². The highest BCUT2D eigenvalue weighted by molar-refractivity contribution is 6.13. The molecule has 0 saturated heterocycles. The normalized spacial score (nSPS) is 18.1. The van der Waals surface area contributed by atoms with Gasteiger partial charge in [-0.2, -0.15) is 0 Å². The lowest BCUT2D eigenvalue weighted by atomic mass is 10.1. The molecular formula is C22H19NO4. The maximum atomic E-state index is 12.2. The molecule has 0 unspecified atom stereocenters. The molecule has 27 heavy (non-hydrogen) atoms. The third kappa shape index (κ3) is 3.53. The quantitative estimate of drug-likeness (QED) is 0.466. The highest BCUT2D eigenvalue weighted by Crippen LogP contribution is 2.39. The monoisotopic (exact) mass is 361 g/mol. The lowest BCUT2D eigenvalue weighted by molar-refractivity contribution is -0.140. The van der Waals surface area contributed by atoms with Crippen LogP contribution in [0.2, 0.25) is 0 Å². The van der Waals surface area contributed by atoms with E-state index in [9.17, 15) is 14.4 Å². The number of ether oxygens (including phenoxy) is 1. The maximum absolute atomic E-state index is 12.2. The third-order valence-corrected chi connectivity index (χ3v) is 5.01. The zero-order chi connectivity index (χ0) is 18.8. The largest absolute Gasteiger partial charge is 0.427 e. The first-order valence-electron chi connectivity index (χ1n) is 9.04. The summed E-state index contributed by atoms with van der Waals surface area (Å²) in [5, 5.41) is 0. The van der Waals surface area contributed by atoms with Crippen molar-refractivity contribution < 1.29 is 19.1 Å². The number of carbonyl (C=O) groups excluding carboxylic acids is 3. The topological polar surface area (TPSA) is 63.7 Å². The Hall–Kier alpha value is -3.21. The van der Waals surface area contributed by atoms with Crippen LogP contribution in [0.25, 0.3) is 0 Å².